The third-order valence-electron chi connectivity index (χ3n) is 2.52. The molecule has 0 saturated heterocycles. The number of nitrogens with one attached hydrogen (secondary N) is 1. The summed E-state index contributed by atoms with van der Waals surface area (Å²) in [5, 5.41) is 2.84. The molecule has 0 aliphatic heterocycles. The molecule has 0 aromatic heterocycles. The molecule has 1 amide bonds. The van der Waals surface area contributed by atoms with E-state index in [9.17, 15) is 4.79 Å². The Morgan fingerprint density at radius 1 is 1.25 bits per heavy atom. The predicted octanol–water partition coefficient (Wildman–Crippen LogP) is 3.62. The van der Waals surface area contributed by atoms with Crippen molar-refractivity contribution in [2.45, 2.75) is 26.7 Å². The molecule has 1 N–H and O–H groups in total. The van der Waals surface area contributed by atoms with Crippen molar-refractivity contribution in [3.8, 4) is 0 Å². The Labute approximate surface area is 102 Å². The maximum atomic E-state index is 11.6. The van der Waals surface area contributed by atoms with Crippen LogP contribution in [0, 0.1) is 5.92 Å². The van der Waals surface area contributed by atoms with E-state index in [1.807, 2.05) is 31.2 Å². The molecule has 1 unspecified atom stereocenters. The Hall–Kier alpha value is -1.02. The third-order valence-corrected chi connectivity index (χ3v) is 2.99. The van der Waals surface area contributed by atoms with Gasteiger partial charge in [-0.1, -0.05) is 32.9 Å². The van der Waals surface area contributed by atoms with Crippen LogP contribution in [0.4, 0.5) is 5.69 Å². The molecular weight excluding hydrogens is 222 g/mol. The van der Waals surface area contributed by atoms with E-state index >= 15 is 0 Å². The van der Waals surface area contributed by atoms with Gasteiger partial charge in [0.2, 0.25) is 5.91 Å². The number of halogens is 1. The summed E-state index contributed by atoms with van der Waals surface area (Å²) in [6, 6.07) is 7.92. The highest BCUT2D eigenvalue weighted by Gasteiger charge is 2.11. The van der Waals surface area contributed by atoms with Gasteiger partial charge in [-0.05, 0) is 23.6 Å². The van der Waals surface area contributed by atoms with E-state index in [4.69, 9.17) is 11.6 Å². The molecule has 3 heteroatoms. The first-order chi connectivity index (χ1) is 7.54. The number of rotatable bonds is 4. The van der Waals surface area contributed by atoms with Gasteiger partial charge in [0, 0.05) is 17.5 Å². The van der Waals surface area contributed by atoms with E-state index in [2.05, 4.69) is 19.2 Å². The first-order valence-electron chi connectivity index (χ1n) is 5.51. The number of anilines is 1. The molecule has 2 nitrogen and oxygen atoms in total. The summed E-state index contributed by atoms with van der Waals surface area (Å²) in [5.74, 6) is 0.654. The van der Waals surface area contributed by atoms with Gasteiger partial charge < -0.3 is 5.32 Å². The standard InChI is InChI=1S/C13H18ClNO/c1-9(2)11-4-6-12(7-5-11)15-13(16)10(3)8-14/h4-7,9-10H,8H2,1-3H3,(H,15,16). The van der Waals surface area contributed by atoms with Crippen LogP contribution in [0.25, 0.3) is 0 Å². The molecule has 0 heterocycles. The lowest BCUT2D eigenvalue weighted by Crippen LogP contribution is -2.21. The second-order valence-electron chi connectivity index (χ2n) is 4.32. The summed E-state index contributed by atoms with van der Waals surface area (Å²) in [7, 11) is 0. The topological polar surface area (TPSA) is 29.1 Å². The fourth-order valence-electron chi connectivity index (χ4n) is 1.29. The number of amides is 1. The Bertz CT molecular complexity index is 345. The highest BCUT2D eigenvalue weighted by molar-refractivity contribution is 6.19. The maximum absolute atomic E-state index is 11.6. The Balaban J connectivity index is 2.65. The lowest BCUT2D eigenvalue weighted by Gasteiger charge is -2.10. The van der Waals surface area contributed by atoms with Crippen LogP contribution in [-0.4, -0.2) is 11.8 Å². The minimum atomic E-state index is -0.161. The van der Waals surface area contributed by atoms with Crippen molar-refractivity contribution in [3.05, 3.63) is 29.8 Å². The fourth-order valence-corrected chi connectivity index (χ4v) is 1.43. The van der Waals surface area contributed by atoms with Crippen LogP contribution in [0.3, 0.4) is 0 Å². The number of alkyl halides is 1. The summed E-state index contributed by atoms with van der Waals surface area (Å²) in [6.07, 6.45) is 0. The average Bonchev–Trinajstić information content (AvgIpc) is 2.28. The van der Waals surface area contributed by atoms with Gasteiger partial charge in [0.1, 0.15) is 0 Å². The number of hydrogen-bond donors (Lipinski definition) is 1. The zero-order chi connectivity index (χ0) is 12.1. The summed E-state index contributed by atoms with van der Waals surface area (Å²) in [6.45, 7) is 6.09. The molecule has 0 aliphatic carbocycles. The lowest BCUT2D eigenvalue weighted by molar-refractivity contribution is -0.118. The highest BCUT2D eigenvalue weighted by atomic mass is 35.5. The number of hydrogen-bond acceptors (Lipinski definition) is 1. The van der Waals surface area contributed by atoms with Crippen LogP contribution in [0.5, 0.6) is 0 Å². The Kier molecular flexibility index (Phi) is 4.81. The van der Waals surface area contributed by atoms with Crippen molar-refractivity contribution < 1.29 is 4.79 Å². The second-order valence-corrected chi connectivity index (χ2v) is 4.63. The van der Waals surface area contributed by atoms with Crippen molar-refractivity contribution >= 4 is 23.2 Å². The molecule has 0 spiro atoms. The van der Waals surface area contributed by atoms with Crippen LogP contribution in [0.1, 0.15) is 32.3 Å². The van der Waals surface area contributed by atoms with Crippen molar-refractivity contribution in [1.29, 1.82) is 0 Å². The highest BCUT2D eigenvalue weighted by Crippen LogP contribution is 2.17. The lowest BCUT2D eigenvalue weighted by atomic mass is 10.0. The van der Waals surface area contributed by atoms with Crippen LogP contribution < -0.4 is 5.32 Å². The van der Waals surface area contributed by atoms with Crippen LogP contribution in [0.15, 0.2) is 24.3 Å². The molecule has 1 atom stereocenters. The Morgan fingerprint density at radius 3 is 2.25 bits per heavy atom. The molecule has 0 fully saturated rings. The largest absolute Gasteiger partial charge is 0.326 e. The number of carbonyl (C=O) groups is 1. The number of benzene rings is 1. The smallest absolute Gasteiger partial charge is 0.228 e. The molecule has 88 valence electrons. The minimum absolute atomic E-state index is 0.0349. The van der Waals surface area contributed by atoms with E-state index in [0.29, 0.717) is 11.8 Å². The van der Waals surface area contributed by atoms with Crippen LogP contribution in [0.2, 0.25) is 0 Å². The van der Waals surface area contributed by atoms with E-state index in [1.165, 1.54) is 5.56 Å². The van der Waals surface area contributed by atoms with Gasteiger partial charge in [0.05, 0.1) is 0 Å². The summed E-state index contributed by atoms with van der Waals surface area (Å²) in [5.41, 5.74) is 2.09. The van der Waals surface area contributed by atoms with E-state index < -0.39 is 0 Å². The maximum Gasteiger partial charge on any atom is 0.228 e. The molecule has 1 aromatic carbocycles. The molecule has 1 rings (SSSR count). The van der Waals surface area contributed by atoms with E-state index in [1.54, 1.807) is 0 Å². The van der Waals surface area contributed by atoms with Crippen molar-refractivity contribution in [3.63, 3.8) is 0 Å². The van der Waals surface area contributed by atoms with Gasteiger partial charge in [0.15, 0.2) is 0 Å². The molecule has 0 radical (unpaired) electrons. The van der Waals surface area contributed by atoms with Gasteiger partial charge in [-0.25, -0.2) is 0 Å². The van der Waals surface area contributed by atoms with Gasteiger partial charge in [-0.15, -0.1) is 11.6 Å². The van der Waals surface area contributed by atoms with Crippen molar-refractivity contribution in [2.24, 2.45) is 5.92 Å². The average molecular weight is 240 g/mol. The monoisotopic (exact) mass is 239 g/mol. The minimum Gasteiger partial charge on any atom is -0.326 e. The SMILES string of the molecule is CC(CCl)C(=O)Nc1ccc(C(C)C)cc1. The molecule has 0 saturated carbocycles. The molecule has 1 aromatic rings. The molecule has 0 aliphatic rings. The fraction of sp³-hybridized carbons (Fsp3) is 0.462. The van der Waals surface area contributed by atoms with Gasteiger partial charge in [0.25, 0.3) is 0 Å². The van der Waals surface area contributed by atoms with Crippen molar-refractivity contribution in [1.82, 2.24) is 0 Å². The molecular formula is C13H18ClNO. The summed E-state index contributed by atoms with van der Waals surface area (Å²) in [4.78, 5) is 11.6. The van der Waals surface area contributed by atoms with Crippen molar-refractivity contribution in [2.75, 3.05) is 11.2 Å². The summed E-state index contributed by atoms with van der Waals surface area (Å²) >= 11 is 5.62. The number of carbonyl (C=O) groups excluding carboxylic acids is 1. The van der Waals surface area contributed by atoms with Gasteiger partial charge >= 0.3 is 0 Å². The first kappa shape index (κ1) is 13.0. The third kappa shape index (κ3) is 3.53. The van der Waals surface area contributed by atoms with E-state index in [-0.39, 0.29) is 11.8 Å². The van der Waals surface area contributed by atoms with Crippen LogP contribution in [-0.2, 0) is 4.79 Å². The Morgan fingerprint density at radius 2 is 1.81 bits per heavy atom. The normalized spacial score (nSPS) is 12.6. The molecule has 0 bridgehead atoms. The molecule has 16 heavy (non-hydrogen) atoms. The predicted molar refractivity (Wildman–Crippen MR) is 69.0 cm³/mol. The summed E-state index contributed by atoms with van der Waals surface area (Å²) < 4.78 is 0. The first-order valence-corrected chi connectivity index (χ1v) is 6.04. The quantitative estimate of drug-likeness (QED) is 0.799. The van der Waals surface area contributed by atoms with E-state index in [0.717, 1.165) is 5.69 Å². The second kappa shape index (κ2) is 5.90. The van der Waals surface area contributed by atoms with Gasteiger partial charge in [-0.3, -0.25) is 4.79 Å². The zero-order valence-corrected chi connectivity index (χ0v) is 10.7. The van der Waals surface area contributed by atoms with Gasteiger partial charge in [-0.2, -0.15) is 0 Å². The van der Waals surface area contributed by atoms with Crippen LogP contribution >= 0.6 is 11.6 Å². The zero-order valence-electron chi connectivity index (χ0n) is 9.96.